The van der Waals surface area contributed by atoms with Crippen molar-refractivity contribution >= 4 is 27.3 Å². The Hall–Kier alpha value is -4.50. The summed E-state index contributed by atoms with van der Waals surface area (Å²) in [5.41, 5.74) is 1.66. The average Bonchev–Trinajstić information content (AvgIpc) is 2.96. The minimum absolute atomic E-state index is 0.0237. The zero-order valence-corrected chi connectivity index (χ0v) is 22.1. The monoisotopic (exact) mass is 532 g/mol. The zero-order chi connectivity index (χ0) is 27.1. The van der Waals surface area contributed by atoms with E-state index in [-0.39, 0.29) is 22.7 Å². The van der Waals surface area contributed by atoms with Gasteiger partial charge >= 0.3 is 0 Å². The van der Waals surface area contributed by atoms with Gasteiger partial charge in [-0.2, -0.15) is 0 Å². The molecule has 0 heterocycles. The first-order valence-electron chi connectivity index (χ1n) is 11.7. The summed E-state index contributed by atoms with van der Waals surface area (Å²) < 4.78 is 44.9. The number of anilines is 2. The number of rotatable bonds is 10. The van der Waals surface area contributed by atoms with Gasteiger partial charge in [0.15, 0.2) is 11.5 Å². The lowest BCUT2D eigenvalue weighted by molar-refractivity contribution is 0.102. The summed E-state index contributed by atoms with van der Waals surface area (Å²) in [7, 11) is 0.477. The lowest BCUT2D eigenvalue weighted by atomic mass is 10.1. The van der Waals surface area contributed by atoms with Crippen molar-refractivity contribution in [3.63, 3.8) is 0 Å². The minimum Gasteiger partial charge on any atom is -0.497 e. The van der Waals surface area contributed by atoms with Gasteiger partial charge in [-0.1, -0.05) is 42.5 Å². The first-order chi connectivity index (χ1) is 18.4. The third kappa shape index (κ3) is 5.73. The van der Waals surface area contributed by atoms with E-state index in [4.69, 9.17) is 14.2 Å². The molecule has 0 bridgehead atoms. The summed E-state index contributed by atoms with van der Waals surface area (Å²) in [5.74, 6) is 1.03. The first-order valence-corrected chi connectivity index (χ1v) is 13.1. The smallest absolute Gasteiger partial charge is 0.264 e. The van der Waals surface area contributed by atoms with Gasteiger partial charge in [0.05, 0.1) is 44.0 Å². The van der Waals surface area contributed by atoms with Crippen LogP contribution in [0.2, 0.25) is 0 Å². The number of methoxy groups -OCH3 is 3. The summed E-state index contributed by atoms with van der Waals surface area (Å²) in [6.07, 6.45) is 0. The second-order valence-electron chi connectivity index (χ2n) is 8.21. The van der Waals surface area contributed by atoms with Gasteiger partial charge in [-0.05, 0) is 54.1 Å². The zero-order valence-electron chi connectivity index (χ0n) is 21.2. The number of nitrogens with zero attached hydrogens (tertiary/aromatic N) is 1. The van der Waals surface area contributed by atoms with E-state index in [0.29, 0.717) is 22.9 Å². The van der Waals surface area contributed by atoms with Crippen LogP contribution in [0, 0.1) is 0 Å². The second kappa shape index (κ2) is 11.7. The Morgan fingerprint density at radius 3 is 2.08 bits per heavy atom. The molecule has 0 unspecified atom stereocenters. The van der Waals surface area contributed by atoms with Gasteiger partial charge in [0, 0.05) is 11.8 Å². The number of para-hydroxylation sites is 1. The van der Waals surface area contributed by atoms with E-state index in [0.717, 1.165) is 5.56 Å². The normalized spacial score (nSPS) is 10.9. The van der Waals surface area contributed by atoms with Crippen molar-refractivity contribution in [2.24, 2.45) is 0 Å². The fourth-order valence-electron chi connectivity index (χ4n) is 3.92. The Balaban J connectivity index is 1.76. The Morgan fingerprint density at radius 1 is 0.763 bits per heavy atom. The molecule has 1 amide bonds. The minimum atomic E-state index is -4.06. The highest BCUT2D eigenvalue weighted by Crippen LogP contribution is 2.32. The van der Waals surface area contributed by atoms with Crippen molar-refractivity contribution in [1.82, 2.24) is 0 Å². The number of sulfonamides is 1. The lowest BCUT2D eigenvalue weighted by Crippen LogP contribution is -2.32. The topological polar surface area (TPSA) is 94.2 Å². The number of hydrogen-bond donors (Lipinski definition) is 1. The lowest BCUT2D eigenvalue weighted by Gasteiger charge is -2.27. The van der Waals surface area contributed by atoms with Crippen LogP contribution in [0.3, 0.4) is 0 Å². The van der Waals surface area contributed by atoms with Gasteiger partial charge in [0.1, 0.15) is 5.75 Å². The van der Waals surface area contributed by atoms with Crippen LogP contribution in [0.4, 0.5) is 11.4 Å². The molecule has 1 N–H and O–H groups in total. The molecule has 38 heavy (non-hydrogen) atoms. The van der Waals surface area contributed by atoms with Crippen LogP contribution >= 0.6 is 0 Å². The van der Waals surface area contributed by atoms with Gasteiger partial charge in [0.2, 0.25) is 0 Å². The molecule has 9 heteroatoms. The molecule has 4 aromatic rings. The molecule has 8 nitrogen and oxygen atoms in total. The van der Waals surface area contributed by atoms with Crippen LogP contribution in [-0.4, -0.2) is 35.7 Å². The molecule has 0 aromatic heterocycles. The van der Waals surface area contributed by atoms with Gasteiger partial charge < -0.3 is 19.5 Å². The number of amides is 1. The molecular formula is C29H28N2O6S. The largest absolute Gasteiger partial charge is 0.497 e. The molecule has 0 aliphatic carbocycles. The van der Waals surface area contributed by atoms with E-state index in [9.17, 15) is 13.2 Å². The average molecular weight is 533 g/mol. The highest BCUT2D eigenvalue weighted by Gasteiger charge is 2.29. The van der Waals surface area contributed by atoms with Crippen molar-refractivity contribution in [3.05, 3.63) is 108 Å². The van der Waals surface area contributed by atoms with Crippen molar-refractivity contribution in [2.45, 2.75) is 11.4 Å². The highest BCUT2D eigenvalue weighted by molar-refractivity contribution is 7.92. The molecule has 4 aromatic carbocycles. The third-order valence-corrected chi connectivity index (χ3v) is 7.65. The Morgan fingerprint density at radius 2 is 1.42 bits per heavy atom. The third-order valence-electron chi connectivity index (χ3n) is 5.88. The quantitative estimate of drug-likeness (QED) is 0.296. The fraction of sp³-hybridized carbons (Fsp3) is 0.138. The number of carbonyl (C=O) groups excluding carboxylic acids is 1. The molecule has 0 spiro atoms. The molecule has 0 aliphatic heterocycles. The molecule has 0 saturated carbocycles. The van der Waals surface area contributed by atoms with E-state index in [1.54, 1.807) is 54.6 Å². The summed E-state index contributed by atoms with van der Waals surface area (Å²) in [6.45, 7) is 0.0237. The van der Waals surface area contributed by atoms with Crippen LogP contribution in [0.5, 0.6) is 17.2 Å². The van der Waals surface area contributed by atoms with Crippen molar-refractivity contribution in [3.8, 4) is 17.2 Å². The van der Waals surface area contributed by atoms with Gasteiger partial charge in [0.25, 0.3) is 15.9 Å². The second-order valence-corrected chi connectivity index (χ2v) is 10.1. The van der Waals surface area contributed by atoms with Gasteiger partial charge in [-0.3, -0.25) is 9.10 Å². The predicted octanol–water partition coefficient (Wildman–Crippen LogP) is 5.36. The fourth-order valence-corrected chi connectivity index (χ4v) is 5.39. The number of benzene rings is 4. The Labute approximate surface area is 222 Å². The molecule has 0 saturated heterocycles. The SMILES string of the molecule is COc1ccc(S(=O)(=O)N(Cc2ccccc2)c2ccccc2C(=O)Nc2ccc(OC)c(OC)c2)cc1. The van der Waals surface area contributed by atoms with E-state index in [2.05, 4.69) is 5.32 Å². The maximum absolute atomic E-state index is 13.9. The van der Waals surface area contributed by atoms with E-state index < -0.39 is 15.9 Å². The molecular weight excluding hydrogens is 504 g/mol. The van der Waals surface area contributed by atoms with Crippen molar-refractivity contribution in [2.75, 3.05) is 31.0 Å². The molecule has 0 atom stereocenters. The molecule has 0 fully saturated rings. The van der Waals surface area contributed by atoms with E-state index in [1.807, 2.05) is 30.3 Å². The molecule has 4 rings (SSSR count). The molecule has 0 aliphatic rings. The first kappa shape index (κ1) is 26.6. The van der Waals surface area contributed by atoms with Crippen LogP contribution in [0.1, 0.15) is 15.9 Å². The molecule has 0 radical (unpaired) electrons. The summed E-state index contributed by atoms with van der Waals surface area (Å²) >= 11 is 0. The van der Waals surface area contributed by atoms with E-state index >= 15 is 0 Å². The Kier molecular flexibility index (Phi) is 8.18. The highest BCUT2D eigenvalue weighted by atomic mass is 32.2. The summed E-state index contributed by atoms with van der Waals surface area (Å²) in [4.78, 5) is 13.5. The standard InChI is InChI=1S/C29H28N2O6S/c1-35-23-14-16-24(17-15-23)38(33,34)31(20-21-9-5-4-6-10-21)26-12-8-7-11-25(26)29(32)30-22-13-18-27(36-2)28(19-22)37-3/h4-19H,20H2,1-3H3,(H,30,32). The Bertz CT molecular complexity index is 1510. The van der Waals surface area contributed by atoms with Crippen LogP contribution < -0.4 is 23.8 Å². The number of carbonyl (C=O) groups is 1. The number of ether oxygens (including phenoxy) is 3. The predicted molar refractivity (Wildman–Crippen MR) is 147 cm³/mol. The number of hydrogen-bond acceptors (Lipinski definition) is 6. The van der Waals surface area contributed by atoms with Crippen molar-refractivity contribution < 1.29 is 27.4 Å². The molecule has 196 valence electrons. The van der Waals surface area contributed by atoms with Crippen LogP contribution in [0.15, 0.2) is 102 Å². The van der Waals surface area contributed by atoms with Crippen LogP contribution in [0.25, 0.3) is 0 Å². The maximum Gasteiger partial charge on any atom is 0.264 e. The summed E-state index contributed by atoms with van der Waals surface area (Å²) in [6, 6.07) is 26.9. The summed E-state index contributed by atoms with van der Waals surface area (Å²) in [5, 5.41) is 2.84. The van der Waals surface area contributed by atoms with Crippen LogP contribution in [-0.2, 0) is 16.6 Å². The van der Waals surface area contributed by atoms with Gasteiger partial charge in [-0.25, -0.2) is 8.42 Å². The van der Waals surface area contributed by atoms with Crippen molar-refractivity contribution in [1.29, 1.82) is 0 Å². The number of nitrogens with one attached hydrogen (secondary N) is 1. The maximum atomic E-state index is 13.9. The van der Waals surface area contributed by atoms with E-state index in [1.165, 1.54) is 37.8 Å². The van der Waals surface area contributed by atoms with Gasteiger partial charge in [-0.15, -0.1) is 0 Å².